The topological polar surface area (TPSA) is 70.5 Å². The number of rotatable bonds is 2. The van der Waals surface area contributed by atoms with Gasteiger partial charge < -0.3 is 14.9 Å². The molecule has 0 saturated carbocycles. The number of nitrogens with zero attached hydrogens (tertiary/aromatic N) is 2. The highest BCUT2D eigenvalue weighted by atomic mass is 16.5. The first kappa shape index (κ1) is 8.55. The molecule has 0 bridgehead atoms. The van der Waals surface area contributed by atoms with Crippen LogP contribution in [0.25, 0.3) is 11.0 Å². The molecular weight excluding hydrogens is 182 g/mol. The molecule has 0 aliphatic rings. The lowest BCUT2D eigenvalue weighted by Crippen LogP contribution is -1.82. The summed E-state index contributed by atoms with van der Waals surface area (Å²) in [6.07, 6.45) is 1.24. The van der Waals surface area contributed by atoms with Gasteiger partial charge in [0, 0.05) is 6.07 Å². The van der Waals surface area contributed by atoms with Crippen LogP contribution in [0.4, 0.5) is 0 Å². The third-order valence-electron chi connectivity index (χ3n) is 1.89. The number of H-pyrrole nitrogens is 1. The number of aromatic nitrogens is 2. The van der Waals surface area contributed by atoms with Gasteiger partial charge in [-0.15, -0.1) is 0 Å². The maximum Gasteiger partial charge on any atom is 0.153 e. The van der Waals surface area contributed by atoms with Gasteiger partial charge in [0.15, 0.2) is 5.82 Å². The fraction of sp³-hybridized carbons (Fsp3) is 0.111. The molecule has 0 amide bonds. The van der Waals surface area contributed by atoms with Gasteiger partial charge in [-0.2, -0.15) is 0 Å². The molecule has 0 atom stereocenters. The average Bonchev–Trinajstić information content (AvgIpc) is 2.59. The summed E-state index contributed by atoms with van der Waals surface area (Å²) in [5.41, 5.74) is 1.65. The van der Waals surface area contributed by atoms with Crippen molar-refractivity contribution in [3.63, 3.8) is 0 Å². The lowest BCUT2D eigenvalue weighted by Gasteiger charge is -1.96. The smallest absolute Gasteiger partial charge is 0.153 e. The molecule has 0 aliphatic heterocycles. The molecule has 1 heterocycles. The van der Waals surface area contributed by atoms with Gasteiger partial charge in [-0.1, -0.05) is 5.16 Å². The second kappa shape index (κ2) is 3.37. The molecule has 2 aromatic rings. The lowest BCUT2D eigenvalue weighted by atomic mass is 10.3. The number of oxime groups is 1. The fourth-order valence-corrected chi connectivity index (χ4v) is 1.25. The number of ether oxygens (including phenoxy) is 1. The number of fused-ring (bicyclic) bond motifs is 1. The highest BCUT2D eigenvalue weighted by Gasteiger charge is 2.01. The van der Waals surface area contributed by atoms with Crippen LogP contribution in [0.3, 0.4) is 0 Å². The number of imidazole rings is 1. The fourth-order valence-electron chi connectivity index (χ4n) is 1.25. The van der Waals surface area contributed by atoms with Crippen molar-refractivity contribution in [1.82, 2.24) is 9.97 Å². The largest absolute Gasteiger partial charge is 0.497 e. The number of methoxy groups -OCH3 is 1. The molecular formula is C9H9N3O2. The Balaban J connectivity index is 2.54. The second-order valence-corrected chi connectivity index (χ2v) is 2.75. The maximum atomic E-state index is 8.33. The zero-order chi connectivity index (χ0) is 9.97. The van der Waals surface area contributed by atoms with Gasteiger partial charge in [-0.3, -0.25) is 0 Å². The molecule has 0 unspecified atom stereocenters. The van der Waals surface area contributed by atoms with E-state index in [1.165, 1.54) is 6.21 Å². The molecule has 5 heteroatoms. The second-order valence-electron chi connectivity index (χ2n) is 2.75. The first-order chi connectivity index (χ1) is 6.83. The molecule has 0 radical (unpaired) electrons. The van der Waals surface area contributed by atoms with Crippen LogP contribution in [-0.4, -0.2) is 28.5 Å². The van der Waals surface area contributed by atoms with Crippen molar-refractivity contribution in [1.29, 1.82) is 0 Å². The van der Waals surface area contributed by atoms with Crippen LogP contribution in [0, 0.1) is 0 Å². The number of aromatic amines is 1. The molecule has 2 N–H and O–H groups in total. The number of hydrogen-bond acceptors (Lipinski definition) is 4. The summed E-state index contributed by atoms with van der Waals surface area (Å²) in [6, 6.07) is 5.49. The van der Waals surface area contributed by atoms with E-state index in [9.17, 15) is 0 Å². The van der Waals surface area contributed by atoms with Crippen LogP contribution in [0.1, 0.15) is 5.82 Å². The first-order valence-corrected chi connectivity index (χ1v) is 4.04. The average molecular weight is 191 g/mol. The van der Waals surface area contributed by atoms with E-state index in [1.807, 2.05) is 18.2 Å². The van der Waals surface area contributed by atoms with Gasteiger partial charge >= 0.3 is 0 Å². The quantitative estimate of drug-likeness (QED) is 0.428. The molecule has 5 nitrogen and oxygen atoms in total. The van der Waals surface area contributed by atoms with Crippen LogP contribution < -0.4 is 4.74 Å². The minimum absolute atomic E-state index is 0.510. The van der Waals surface area contributed by atoms with Crippen LogP contribution in [0.15, 0.2) is 23.4 Å². The van der Waals surface area contributed by atoms with Crippen molar-refractivity contribution < 1.29 is 9.94 Å². The van der Waals surface area contributed by atoms with Crippen molar-refractivity contribution in [2.24, 2.45) is 5.16 Å². The van der Waals surface area contributed by atoms with E-state index in [-0.39, 0.29) is 0 Å². The molecule has 72 valence electrons. The van der Waals surface area contributed by atoms with E-state index in [0.717, 1.165) is 16.8 Å². The Morgan fingerprint density at radius 3 is 3.14 bits per heavy atom. The molecule has 1 aromatic carbocycles. The minimum Gasteiger partial charge on any atom is -0.497 e. The number of nitrogens with one attached hydrogen (secondary N) is 1. The van der Waals surface area contributed by atoms with Gasteiger partial charge in [0.2, 0.25) is 0 Å². The minimum atomic E-state index is 0.510. The lowest BCUT2D eigenvalue weighted by molar-refractivity contribution is 0.321. The summed E-state index contributed by atoms with van der Waals surface area (Å²) in [6.45, 7) is 0. The van der Waals surface area contributed by atoms with E-state index in [2.05, 4.69) is 15.1 Å². The molecule has 0 fully saturated rings. The molecule has 0 saturated heterocycles. The van der Waals surface area contributed by atoms with Crippen LogP contribution in [-0.2, 0) is 0 Å². The van der Waals surface area contributed by atoms with E-state index in [1.54, 1.807) is 7.11 Å². The predicted molar refractivity (Wildman–Crippen MR) is 52.0 cm³/mol. The van der Waals surface area contributed by atoms with Gasteiger partial charge in [0.1, 0.15) is 12.0 Å². The normalized spacial score (nSPS) is 11.2. The van der Waals surface area contributed by atoms with E-state index < -0.39 is 0 Å². The van der Waals surface area contributed by atoms with Crippen molar-refractivity contribution in [3.05, 3.63) is 24.0 Å². The molecule has 2 rings (SSSR count). The SMILES string of the molecule is COc1ccc2nc(/C=N/O)[nH]c2c1. The summed E-state index contributed by atoms with van der Waals surface area (Å²) < 4.78 is 5.06. The predicted octanol–water partition coefficient (Wildman–Crippen LogP) is 1.38. The van der Waals surface area contributed by atoms with Gasteiger partial charge in [0.05, 0.1) is 18.1 Å². The first-order valence-electron chi connectivity index (χ1n) is 4.04. The van der Waals surface area contributed by atoms with Gasteiger partial charge in [-0.25, -0.2) is 4.98 Å². The van der Waals surface area contributed by atoms with Crippen molar-refractivity contribution in [3.8, 4) is 5.75 Å². The summed E-state index contributed by atoms with van der Waals surface area (Å²) in [5.74, 6) is 1.27. The highest BCUT2D eigenvalue weighted by Crippen LogP contribution is 2.17. The maximum absolute atomic E-state index is 8.33. The van der Waals surface area contributed by atoms with E-state index in [4.69, 9.17) is 9.94 Å². The van der Waals surface area contributed by atoms with E-state index in [0.29, 0.717) is 5.82 Å². The Morgan fingerprint density at radius 1 is 1.57 bits per heavy atom. The third kappa shape index (κ3) is 1.39. The Bertz CT molecular complexity index is 476. The molecule has 0 aliphatic carbocycles. The summed E-state index contributed by atoms with van der Waals surface area (Å²) in [7, 11) is 1.60. The van der Waals surface area contributed by atoms with Gasteiger partial charge in [0.25, 0.3) is 0 Å². The van der Waals surface area contributed by atoms with Crippen molar-refractivity contribution in [2.75, 3.05) is 7.11 Å². The summed E-state index contributed by atoms with van der Waals surface area (Å²) in [4.78, 5) is 7.13. The number of benzene rings is 1. The zero-order valence-electron chi connectivity index (χ0n) is 7.56. The highest BCUT2D eigenvalue weighted by molar-refractivity contribution is 5.84. The molecule has 1 aromatic heterocycles. The Hall–Kier alpha value is -2.04. The Labute approximate surface area is 80.0 Å². The molecule has 0 spiro atoms. The standard InChI is InChI=1S/C9H9N3O2/c1-14-6-2-3-7-8(4-6)12-9(11-7)5-10-13/h2-5,13H,1H3,(H,11,12)/b10-5+. The Kier molecular flexibility index (Phi) is 2.06. The third-order valence-corrected chi connectivity index (χ3v) is 1.89. The van der Waals surface area contributed by atoms with Crippen LogP contribution >= 0.6 is 0 Å². The molecule has 14 heavy (non-hydrogen) atoms. The zero-order valence-corrected chi connectivity index (χ0v) is 7.56. The van der Waals surface area contributed by atoms with Crippen LogP contribution in [0.5, 0.6) is 5.75 Å². The summed E-state index contributed by atoms with van der Waals surface area (Å²) in [5, 5.41) is 11.2. The van der Waals surface area contributed by atoms with E-state index >= 15 is 0 Å². The van der Waals surface area contributed by atoms with Gasteiger partial charge in [-0.05, 0) is 12.1 Å². The Morgan fingerprint density at radius 2 is 2.43 bits per heavy atom. The summed E-state index contributed by atoms with van der Waals surface area (Å²) >= 11 is 0. The van der Waals surface area contributed by atoms with Crippen LogP contribution in [0.2, 0.25) is 0 Å². The van der Waals surface area contributed by atoms with Crippen molar-refractivity contribution in [2.45, 2.75) is 0 Å². The van der Waals surface area contributed by atoms with Crippen molar-refractivity contribution >= 4 is 17.2 Å². The monoisotopic (exact) mass is 191 g/mol. The number of hydrogen-bond donors (Lipinski definition) is 2.